The Morgan fingerprint density at radius 2 is 1.97 bits per heavy atom. The molecule has 0 radical (unpaired) electrons. The van der Waals surface area contributed by atoms with Crippen LogP contribution in [0.3, 0.4) is 0 Å². The molecule has 1 aliphatic heterocycles. The molecule has 30 heavy (non-hydrogen) atoms. The molecule has 1 aromatic carbocycles. The standard InChI is InChI=1S/C21H26FN7O/c1-21(2,3)19(15-5-4-6-16(22)13-15)23-20(30)14-9-11-28(12-10-14)18-8-7-17-24-26-27-29(17)25-18/h4-8,13-14,19H,9-12H2,1-3H3,(H,23,30)/t19-/m0/s1. The van der Waals surface area contributed by atoms with E-state index in [-0.39, 0.29) is 29.1 Å². The van der Waals surface area contributed by atoms with E-state index in [4.69, 9.17) is 0 Å². The second-order valence-corrected chi connectivity index (χ2v) is 8.84. The zero-order valence-electron chi connectivity index (χ0n) is 17.4. The molecule has 3 aromatic rings. The van der Waals surface area contributed by atoms with E-state index in [2.05, 4.69) is 30.8 Å². The highest BCUT2D eigenvalue weighted by Crippen LogP contribution is 2.34. The van der Waals surface area contributed by atoms with Gasteiger partial charge in [0.2, 0.25) is 5.91 Å². The molecule has 0 unspecified atom stereocenters. The van der Waals surface area contributed by atoms with Crippen molar-refractivity contribution in [1.29, 1.82) is 0 Å². The summed E-state index contributed by atoms with van der Waals surface area (Å²) in [4.78, 5) is 15.2. The third kappa shape index (κ3) is 4.24. The summed E-state index contributed by atoms with van der Waals surface area (Å²) in [6, 6.07) is 9.93. The summed E-state index contributed by atoms with van der Waals surface area (Å²) >= 11 is 0. The second kappa shape index (κ2) is 7.97. The summed E-state index contributed by atoms with van der Waals surface area (Å²) in [5, 5.41) is 18.9. The van der Waals surface area contributed by atoms with Gasteiger partial charge in [0.05, 0.1) is 6.04 Å². The van der Waals surface area contributed by atoms with Gasteiger partial charge in [-0.1, -0.05) is 32.9 Å². The molecule has 158 valence electrons. The van der Waals surface area contributed by atoms with Crippen LogP contribution in [0.2, 0.25) is 0 Å². The molecule has 0 aliphatic carbocycles. The lowest BCUT2D eigenvalue weighted by Gasteiger charge is -2.36. The largest absolute Gasteiger partial charge is 0.355 e. The Kier molecular flexibility index (Phi) is 5.36. The van der Waals surface area contributed by atoms with Crippen LogP contribution in [-0.4, -0.2) is 44.3 Å². The van der Waals surface area contributed by atoms with Crippen molar-refractivity contribution in [3.05, 3.63) is 47.8 Å². The molecule has 1 aliphatic rings. The third-order valence-electron chi connectivity index (χ3n) is 5.58. The number of nitrogens with one attached hydrogen (secondary N) is 1. The minimum absolute atomic E-state index is 0.0164. The van der Waals surface area contributed by atoms with Crippen LogP contribution in [-0.2, 0) is 4.79 Å². The molecular weight excluding hydrogens is 385 g/mol. The number of anilines is 1. The summed E-state index contributed by atoms with van der Waals surface area (Å²) in [7, 11) is 0. The number of halogens is 1. The molecule has 9 heteroatoms. The molecule has 4 rings (SSSR count). The number of carbonyl (C=O) groups excluding carboxylic acids is 1. The van der Waals surface area contributed by atoms with Gasteiger partial charge in [-0.3, -0.25) is 4.79 Å². The van der Waals surface area contributed by atoms with Gasteiger partial charge >= 0.3 is 0 Å². The predicted octanol–water partition coefficient (Wildman–Crippen LogP) is 2.78. The molecule has 0 bridgehead atoms. The molecule has 1 atom stereocenters. The van der Waals surface area contributed by atoms with Crippen molar-refractivity contribution >= 4 is 17.4 Å². The monoisotopic (exact) mass is 411 g/mol. The minimum Gasteiger partial charge on any atom is -0.355 e. The van der Waals surface area contributed by atoms with Crippen molar-refractivity contribution in [2.45, 2.75) is 39.7 Å². The topological polar surface area (TPSA) is 88.3 Å². The summed E-state index contributed by atoms with van der Waals surface area (Å²) in [6.45, 7) is 7.59. The quantitative estimate of drug-likeness (QED) is 0.710. The maximum absolute atomic E-state index is 13.8. The summed E-state index contributed by atoms with van der Waals surface area (Å²) in [6.07, 6.45) is 1.45. The first-order chi connectivity index (χ1) is 14.3. The first kappa shape index (κ1) is 20.2. The van der Waals surface area contributed by atoms with E-state index < -0.39 is 0 Å². The molecule has 0 saturated carbocycles. The third-order valence-corrected chi connectivity index (χ3v) is 5.58. The molecular formula is C21H26FN7O. The highest BCUT2D eigenvalue weighted by atomic mass is 19.1. The Hall–Kier alpha value is -3.10. The summed E-state index contributed by atoms with van der Waals surface area (Å²) in [5.41, 5.74) is 1.14. The number of piperidine rings is 1. The molecule has 0 spiro atoms. The predicted molar refractivity (Wildman–Crippen MR) is 110 cm³/mol. The van der Waals surface area contributed by atoms with Gasteiger partial charge in [-0.25, -0.2) is 4.39 Å². The van der Waals surface area contributed by atoms with Crippen molar-refractivity contribution < 1.29 is 9.18 Å². The van der Waals surface area contributed by atoms with Crippen molar-refractivity contribution in [1.82, 2.24) is 30.6 Å². The number of rotatable bonds is 4. The van der Waals surface area contributed by atoms with Crippen LogP contribution in [0.5, 0.6) is 0 Å². The van der Waals surface area contributed by atoms with Gasteiger partial charge < -0.3 is 10.2 Å². The molecule has 1 amide bonds. The van der Waals surface area contributed by atoms with Gasteiger partial charge in [0.25, 0.3) is 0 Å². The molecule has 1 fully saturated rings. The number of hydrogen-bond acceptors (Lipinski definition) is 6. The van der Waals surface area contributed by atoms with Gasteiger partial charge in [-0.05, 0) is 58.5 Å². The summed E-state index contributed by atoms with van der Waals surface area (Å²) < 4.78 is 15.2. The first-order valence-corrected chi connectivity index (χ1v) is 10.2. The molecule has 1 saturated heterocycles. The Balaban J connectivity index is 1.41. The highest BCUT2D eigenvalue weighted by Gasteiger charge is 2.32. The van der Waals surface area contributed by atoms with Crippen molar-refractivity contribution in [3.63, 3.8) is 0 Å². The zero-order chi connectivity index (χ0) is 21.3. The maximum Gasteiger partial charge on any atom is 0.223 e. The smallest absolute Gasteiger partial charge is 0.223 e. The van der Waals surface area contributed by atoms with Gasteiger partial charge in [0.15, 0.2) is 11.5 Å². The Bertz CT molecular complexity index is 1040. The molecule has 1 N–H and O–H groups in total. The van der Waals surface area contributed by atoms with E-state index in [1.165, 1.54) is 16.8 Å². The fourth-order valence-electron chi connectivity index (χ4n) is 3.93. The van der Waals surface area contributed by atoms with Crippen molar-refractivity contribution in [2.75, 3.05) is 18.0 Å². The Morgan fingerprint density at radius 1 is 1.20 bits per heavy atom. The lowest BCUT2D eigenvalue weighted by Crippen LogP contribution is -2.44. The number of amides is 1. The summed E-state index contributed by atoms with van der Waals surface area (Å²) in [5.74, 6) is 0.427. The van der Waals surface area contributed by atoms with Gasteiger partial charge in [-0.2, -0.15) is 0 Å². The molecule has 3 heterocycles. The average molecular weight is 411 g/mol. The number of fused-ring (bicyclic) bond motifs is 1. The average Bonchev–Trinajstić information content (AvgIpc) is 3.19. The lowest BCUT2D eigenvalue weighted by molar-refractivity contribution is -0.127. The number of aromatic nitrogens is 5. The maximum atomic E-state index is 13.8. The first-order valence-electron chi connectivity index (χ1n) is 10.2. The SMILES string of the molecule is CC(C)(C)[C@@H](NC(=O)C1CCN(c2ccc3nnnn3n2)CC1)c1cccc(F)c1. The van der Waals surface area contributed by atoms with E-state index in [0.717, 1.165) is 37.3 Å². The van der Waals surface area contributed by atoms with Crippen LogP contribution < -0.4 is 10.2 Å². The van der Waals surface area contributed by atoms with Crippen LogP contribution in [0.25, 0.3) is 5.65 Å². The van der Waals surface area contributed by atoms with Crippen LogP contribution >= 0.6 is 0 Å². The number of benzene rings is 1. The van der Waals surface area contributed by atoms with Gasteiger partial charge in [0, 0.05) is 19.0 Å². The lowest BCUT2D eigenvalue weighted by atomic mass is 9.81. The minimum atomic E-state index is -0.295. The normalized spacial score (nSPS) is 16.6. The van der Waals surface area contributed by atoms with Crippen molar-refractivity contribution in [2.24, 2.45) is 11.3 Å². The van der Waals surface area contributed by atoms with Crippen molar-refractivity contribution in [3.8, 4) is 0 Å². The number of hydrogen-bond donors (Lipinski definition) is 1. The second-order valence-electron chi connectivity index (χ2n) is 8.84. The van der Waals surface area contributed by atoms with Crippen LogP contribution in [0.1, 0.15) is 45.2 Å². The molecule has 2 aromatic heterocycles. The van der Waals surface area contributed by atoms with E-state index in [1.807, 2.05) is 39.0 Å². The number of nitrogens with zero attached hydrogens (tertiary/aromatic N) is 6. The fourth-order valence-corrected chi connectivity index (χ4v) is 3.93. The van der Waals surface area contributed by atoms with E-state index >= 15 is 0 Å². The van der Waals surface area contributed by atoms with E-state index in [0.29, 0.717) is 5.65 Å². The van der Waals surface area contributed by atoms with Crippen LogP contribution in [0.15, 0.2) is 36.4 Å². The highest BCUT2D eigenvalue weighted by molar-refractivity contribution is 5.79. The van der Waals surface area contributed by atoms with Crippen LogP contribution in [0, 0.1) is 17.2 Å². The molecule has 8 nitrogen and oxygen atoms in total. The fraction of sp³-hybridized carbons (Fsp3) is 0.476. The van der Waals surface area contributed by atoms with Gasteiger partial charge in [0.1, 0.15) is 5.82 Å². The number of carbonyl (C=O) groups is 1. The van der Waals surface area contributed by atoms with Crippen LogP contribution in [0.4, 0.5) is 10.2 Å². The van der Waals surface area contributed by atoms with Gasteiger partial charge in [-0.15, -0.1) is 14.8 Å². The zero-order valence-corrected chi connectivity index (χ0v) is 17.4. The number of tetrazole rings is 1. The van der Waals surface area contributed by atoms with E-state index in [9.17, 15) is 9.18 Å². The Morgan fingerprint density at radius 3 is 2.67 bits per heavy atom. The Labute approximate surface area is 174 Å². The van der Waals surface area contributed by atoms with E-state index in [1.54, 1.807) is 6.07 Å².